The van der Waals surface area contributed by atoms with Crippen LogP contribution in [-0.2, 0) is 22.6 Å². The lowest BCUT2D eigenvalue weighted by Gasteiger charge is -2.03. The molecule has 7 nitrogen and oxygen atoms in total. The molecule has 0 bridgehead atoms. The highest BCUT2D eigenvalue weighted by Crippen LogP contribution is 2.18. The molecular weight excluding hydrogens is 300 g/mol. The third kappa shape index (κ3) is 3.76. The van der Waals surface area contributed by atoms with E-state index in [0.29, 0.717) is 5.76 Å². The maximum Gasteiger partial charge on any atom is 0.310 e. The van der Waals surface area contributed by atoms with Crippen LogP contribution in [0.15, 0.2) is 51.5 Å². The van der Waals surface area contributed by atoms with Crippen LogP contribution in [0.1, 0.15) is 11.5 Å². The molecule has 0 spiro atoms. The molecule has 2 aromatic heterocycles. The highest BCUT2D eigenvalue weighted by molar-refractivity contribution is 5.72. The molecule has 0 saturated carbocycles. The van der Waals surface area contributed by atoms with E-state index in [9.17, 15) is 4.79 Å². The molecule has 0 atom stereocenters. The number of hydrogen-bond acceptors (Lipinski definition) is 7. The molecule has 0 saturated heterocycles. The van der Waals surface area contributed by atoms with E-state index in [1.165, 1.54) is 6.26 Å². The molecule has 7 heteroatoms. The van der Waals surface area contributed by atoms with Crippen molar-refractivity contribution >= 4 is 5.97 Å². The Balaban J connectivity index is 1.52. The van der Waals surface area contributed by atoms with Gasteiger partial charge in [0.1, 0.15) is 5.75 Å². The Hall–Kier alpha value is -3.09. The van der Waals surface area contributed by atoms with E-state index in [2.05, 4.69) is 10.2 Å². The predicted molar refractivity (Wildman–Crippen MR) is 78.5 cm³/mol. The first-order valence-electron chi connectivity index (χ1n) is 6.89. The molecule has 0 unspecified atom stereocenters. The Bertz CT molecular complexity index is 762. The van der Waals surface area contributed by atoms with Crippen molar-refractivity contribution in [3.05, 3.63) is 54.1 Å². The summed E-state index contributed by atoms with van der Waals surface area (Å²) in [5.41, 5.74) is 0.831. The SMILES string of the molecule is COc1ccc(CC(=O)OCc2nnc(-c3ccco3)o2)cc1. The van der Waals surface area contributed by atoms with E-state index >= 15 is 0 Å². The lowest BCUT2D eigenvalue weighted by atomic mass is 10.1. The van der Waals surface area contributed by atoms with E-state index in [0.717, 1.165) is 11.3 Å². The first kappa shape index (κ1) is 14.8. The second-order valence-corrected chi connectivity index (χ2v) is 4.66. The number of benzene rings is 1. The van der Waals surface area contributed by atoms with Crippen molar-refractivity contribution in [1.82, 2.24) is 10.2 Å². The van der Waals surface area contributed by atoms with Crippen LogP contribution in [0, 0.1) is 0 Å². The fourth-order valence-electron chi connectivity index (χ4n) is 1.92. The van der Waals surface area contributed by atoms with Gasteiger partial charge in [-0.15, -0.1) is 10.2 Å². The van der Waals surface area contributed by atoms with Gasteiger partial charge in [-0.3, -0.25) is 4.79 Å². The third-order valence-corrected chi connectivity index (χ3v) is 3.06. The van der Waals surface area contributed by atoms with Crippen LogP contribution < -0.4 is 4.74 Å². The van der Waals surface area contributed by atoms with Gasteiger partial charge in [-0.1, -0.05) is 12.1 Å². The second kappa shape index (κ2) is 6.78. The van der Waals surface area contributed by atoms with Gasteiger partial charge in [0.2, 0.25) is 0 Å². The van der Waals surface area contributed by atoms with Crippen LogP contribution in [0.5, 0.6) is 5.75 Å². The standard InChI is InChI=1S/C16H14N2O5/c1-20-12-6-4-11(5-7-12)9-15(19)22-10-14-17-18-16(23-14)13-3-2-8-21-13/h2-8H,9-10H2,1H3. The highest BCUT2D eigenvalue weighted by Gasteiger charge is 2.13. The first-order chi connectivity index (χ1) is 11.2. The molecule has 3 rings (SSSR count). The van der Waals surface area contributed by atoms with Gasteiger partial charge in [0.15, 0.2) is 12.4 Å². The van der Waals surface area contributed by atoms with Crippen molar-refractivity contribution in [1.29, 1.82) is 0 Å². The maximum absolute atomic E-state index is 11.8. The normalized spacial score (nSPS) is 10.5. The lowest BCUT2D eigenvalue weighted by Crippen LogP contribution is -2.08. The molecule has 0 radical (unpaired) electrons. The van der Waals surface area contributed by atoms with Crippen molar-refractivity contribution in [2.75, 3.05) is 7.11 Å². The van der Waals surface area contributed by atoms with E-state index in [1.54, 1.807) is 31.4 Å². The third-order valence-electron chi connectivity index (χ3n) is 3.06. The van der Waals surface area contributed by atoms with Gasteiger partial charge in [-0.25, -0.2) is 0 Å². The summed E-state index contributed by atoms with van der Waals surface area (Å²) in [6, 6.07) is 10.6. The fourth-order valence-corrected chi connectivity index (χ4v) is 1.92. The van der Waals surface area contributed by atoms with Crippen molar-refractivity contribution in [2.24, 2.45) is 0 Å². The second-order valence-electron chi connectivity index (χ2n) is 4.66. The average molecular weight is 314 g/mol. The van der Waals surface area contributed by atoms with Crippen LogP contribution in [0.4, 0.5) is 0 Å². The van der Waals surface area contributed by atoms with Crippen LogP contribution in [-0.4, -0.2) is 23.3 Å². The van der Waals surface area contributed by atoms with Gasteiger partial charge >= 0.3 is 5.97 Å². The number of aromatic nitrogens is 2. The summed E-state index contributed by atoms with van der Waals surface area (Å²) >= 11 is 0. The van der Waals surface area contributed by atoms with Crippen molar-refractivity contribution < 1.29 is 23.1 Å². The van der Waals surface area contributed by atoms with Crippen LogP contribution in [0.2, 0.25) is 0 Å². The highest BCUT2D eigenvalue weighted by atomic mass is 16.5. The van der Waals surface area contributed by atoms with Crippen molar-refractivity contribution in [3.63, 3.8) is 0 Å². The minimum atomic E-state index is -0.382. The summed E-state index contributed by atoms with van der Waals surface area (Å²) in [6.45, 7) is -0.0807. The number of furan rings is 1. The Morgan fingerprint density at radius 2 is 2.00 bits per heavy atom. The number of esters is 1. The zero-order valence-electron chi connectivity index (χ0n) is 12.4. The summed E-state index contributed by atoms with van der Waals surface area (Å²) in [4.78, 5) is 11.8. The number of hydrogen-bond donors (Lipinski definition) is 0. The predicted octanol–water partition coefficient (Wildman–Crippen LogP) is 2.62. The Kier molecular flexibility index (Phi) is 4.37. The Labute approximate surface area is 131 Å². The largest absolute Gasteiger partial charge is 0.497 e. The fraction of sp³-hybridized carbons (Fsp3) is 0.188. The monoisotopic (exact) mass is 314 g/mol. The number of rotatable bonds is 6. The van der Waals surface area contributed by atoms with E-state index in [1.807, 2.05) is 12.1 Å². The van der Waals surface area contributed by atoms with Crippen LogP contribution in [0.25, 0.3) is 11.7 Å². The van der Waals surface area contributed by atoms with Gasteiger partial charge in [0.25, 0.3) is 11.8 Å². The van der Waals surface area contributed by atoms with E-state index in [4.69, 9.17) is 18.3 Å². The Morgan fingerprint density at radius 1 is 1.17 bits per heavy atom. The maximum atomic E-state index is 11.8. The molecule has 118 valence electrons. The molecule has 0 aliphatic heterocycles. The first-order valence-corrected chi connectivity index (χ1v) is 6.89. The number of carbonyl (C=O) groups is 1. The minimum Gasteiger partial charge on any atom is -0.497 e. The van der Waals surface area contributed by atoms with Crippen LogP contribution >= 0.6 is 0 Å². The molecule has 1 aromatic carbocycles. The van der Waals surface area contributed by atoms with Crippen molar-refractivity contribution in [2.45, 2.75) is 13.0 Å². The van der Waals surface area contributed by atoms with Gasteiger partial charge in [-0.2, -0.15) is 0 Å². The number of carbonyl (C=O) groups excluding carboxylic acids is 1. The average Bonchev–Trinajstić information content (AvgIpc) is 3.25. The quantitative estimate of drug-likeness (QED) is 0.646. The summed E-state index contributed by atoms with van der Waals surface area (Å²) in [7, 11) is 1.59. The minimum absolute atomic E-state index is 0.0807. The van der Waals surface area contributed by atoms with Gasteiger partial charge < -0.3 is 18.3 Å². The zero-order valence-corrected chi connectivity index (χ0v) is 12.4. The summed E-state index contributed by atoms with van der Waals surface area (Å²) < 4.78 is 20.7. The lowest BCUT2D eigenvalue weighted by molar-refractivity contribution is -0.144. The van der Waals surface area contributed by atoms with E-state index < -0.39 is 0 Å². The molecule has 0 amide bonds. The molecule has 0 aliphatic rings. The molecule has 2 heterocycles. The number of methoxy groups -OCH3 is 1. The zero-order chi connectivity index (χ0) is 16.1. The molecule has 0 aliphatic carbocycles. The summed E-state index contributed by atoms with van der Waals surface area (Å²) in [5.74, 6) is 1.27. The topological polar surface area (TPSA) is 87.6 Å². The molecule has 0 fully saturated rings. The van der Waals surface area contributed by atoms with Gasteiger partial charge in [0, 0.05) is 0 Å². The van der Waals surface area contributed by atoms with E-state index in [-0.39, 0.29) is 30.8 Å². The van der Waals surface area contributed by atoms with Crippen LogP contribution in [0.3, 0.4) is 0 Å². The van der Waals surface area contributed by atoms with Gasteiger partial charge in [0.05, 0.1) is 19.8 Å². The van der Waals surface area contributed by atoms with Crippen molar-refractivity contribution in [3.8, 4) is 17.4 Å². The smallest absolute Gasteiger partial charge is 0.310 e. The van der Waals surface area contributed by atoms with Gasteiger partial charge in [-0.05, 0) is 29.8 Å². The Morgan fingerprint density at radius 3 is 2.70 bits per heavy atom. The summed E-state index contributed by atoms with van der Waals surface area (Å²) in [5, 5.41) is 7.63. The molecule has 23 heavy (non-hydrogen) atoms. The molecule has 3 aromatic rings. The molecular formula is C16H14N2O5. The molecule has 0 N–H and O–H groups in total. The number of nitrogens with zero attached hydrogens (tertiary/aromatic N) is 2. The summed E-state index contributed by atoms with van der Waals surface area (Å²) in [6.07, 6.45) is 1.66. The number of ether oxygens (including phenoxy) is 2.